The van der Waals surface area contributed by atoms with Crippen molar-refractivity contribution in [3.8, 4) is 0 Å². The maximum Gasteiger partial charge on any atom is 0.340 e. The molecule has 0 aromatic heterocycles. The van der Waals surface area contributed by atoms with Crippen LogP contribution in [0.25, 0.3) is 0 Å². The Morgan fingerprint density at radius 1 is 1.15 bits per heavy atom. The van der Waals surface area contributed by atoms with Crippen LogP contribution in [0.15, 0.2) is 42.5 Å². The number of anilines is 3. The molecule has 2 aromatic carbocycles. The third-order valence-corrected chi connectivity index (χ3v) is 3.23. The van der Waals surface area contributed by atoms with E-state index >= 15 is 0 Å². The van der Waals surface area contributed by atoms with Crippen molar-refractivity contribution in [3.05, 3.63) is 53.6 Å². The minimum atomic E-state index is -0.397. The molecule has 4 nitrogen and oxygen atoms in total. The van der Waals surface area contributed by atoms with Crippen LogP contribution in [0, 0.1) is 6.92 Å². The number of ether oxygens (including phenoxy) is 1. The molecule has 0 fully saturated rings. The van der Waals surface area contributed by atoms with E-state index in [4.69, 9.17) is 10.5 Å². The van der Waals surface area contributed by atoms with E-state index in [1.165, 1.54) is 12.7 Å². The number of aryl methyl sites for hydroxylation is 1. The predicted molar refractivity (Wildman–Crippen MR) is 81.4 cm³/mol. The maximum atomic E-state index is 11.9. The number of nitrogens with two attached hydrogens (primary N) is 1. The largest absolute Gasteiger partial charge is 0.465 e. The molecule has 2 rings (SSSR count). The van der Waals surface area contributed by atoms with Crippen molar-refractivity contribution in [2.75, 3.05) is 24.8 Å². The first-order valence-corrected chi connectivity index (χ1v) is 6.31. The van der Waals surface area contributed by atoms with Gasteiger partial charge in [-0.15, -0.1) is 0 Å². The zero-order chi connectivity index (χ0) is 14.7. The Hall–Kier alpha value is -2.49. The Morgan fingerprint density at radius 3 is 2.40 bits per heavy atom. The van der Waals surface area contributed by atoms with Crippen molar-refractivity contribution < 1.29 is 9.53 Å². The molecule has 20 heavy (non-hydrogen) atoms. The van der Waals surface area contributed by atoms with E-state index in [0.717, 1.165) is 5.69 Å². The molecule has 0 bridgehead atoms. The lowest BCUT2D eigenvalue weighted by atomic mass is 10.1. The Morgan fingerprint density at radius 2 is 1.80 bits per heavy atom. The molecule has 0 amide bonds. The molecular formula is C16H18N2O2. The van der Waals surface area contributed by atoms with Crippen LogP contribution in [0.5, 0.6) is 0 Å². The summed E-state index contributed by atoms with van der Waals surface area (Å²) in [7, 11) is 3.24. The fraction of sp³-hybridized carbons (Fsp3) is 0.188. The number of nitrogens with zero attached hydrogens (tertiary/aromatic N) is 1. The molecule has 0 aliphatic rings. The molecule has 4 heteroatoms. The Bertz CT molecular complexity index is 621. The summed E-state index contributed by atoms with van der Waals surface area (Å²) < 4.78 is 4.82. The lowest BCUT2D eigenvalue weighted by Gasteiger charge is -2.23. The average molecular weight is 270 g/mol. The van der Waals surface area contributed by atoms with Crippen LogP contribution in [-0.4, -0.2) is 20.1 Å². The number of benzene rings is 2. The fourth-order valence-corrected chi connectivity index (χ4v) is 2.11. The highest BCUT2D eigenvalue weighted by Crippen LogP contribution is 2.32. The molecule has 0 saturated carbocycles. The summed E-state index contributed by atoms with van der Waals surface area (Å²) in [6, 6.07) is 13.2. The third kappa shape index (κ3) is 2.59. The number of rotatable bonds is 3. The number of hydrogen-bond donors (Lipinski definition) is 1. The van der Waals surface area contributed by atoms with E-state index in [2.05, 4.69) is 0 Å². The first kappa shape index (κ1) is 13.9. The number of methoxy groups -OCH3 is 1. The highest BCUT2D eigenvalue weighted by atomic mass is 16.5. The Labute approximate surface area is 118 Å². The van der Waals surface area contributed by atoms with E-state index < -0.39 is 5.97 Å². The molecule has 0 radical (unpaired) electrons. The van der Waals surface area contributed by atoms with Gasteiger partial charge in [-0.05, 0) is 31.2 Å². The number of carbonyl (C=O) groups excluding carboxylic acids is 1. The summed E-state index contributed by atoms with van der Waals surface area (Å²) in [5.74, 6) is -0.397. The first-order valence-electron chi connectivity index (χ1n) is 6.31. The van der Waals surface area contributed by atoms with E-state index in [1.54, 1.807) is 18.2 Å². The second kappa shape index (κ2) is 5.65. The van der Waals surface area contributed by atoms with Crippen LogP contribution in [0.1, 0.15) is 15.9 Å². The van der Waals surface area contributed by atoms with Crippen molar-refractivity contribution in [1.82, 2.24) is 0 Å². The van der Waals surface area contributed by atoms with Crippen molar-refractivity contribution in [3.63, 3.8) is 0 Å². The Kier molecular flexibility index (Phi) is 3.94. The van der Waals surface area contributed by atoms with Crippen LogP contribution in [0.3, 0.4) is 0 Å². The van der Waals surface area contributed by atoms with Gasteiger partial charge in [-0.3, -0.25) is 0 Å². The van der Waals surface area contributed by atoms with E-state index in [-0.39, 0.29) is 0 Å². The number of nitrogen functional groups attached to an aromatic ring is 1. The van der Waals surface area contributed by atoms with Gasteiger partial charge in [0.05, 0.1) is 24.0 Å². The van der Waals surface area contributed by atoms with Gasteiger partial charge in [0.15, 0.2) is 0 Å². The molecular weight excluding hydrogens is 252 g/mol. The Balaban J connectivity index is 2.51. The van der Waals surface area contributed by atoms with Crippen LogP contribution < -0.4 is 10.6 Å². The second-order valence-electron chi connectivity index (χ2n) is 4.63. The van der Waals surface area contributed by atoms with Crippen LogP contribution >= 0.6 is 0 Å². The highest BCUT2D eigenvalue weighted by molar-refractivity contribution is 6.00. The molecule has 104 valence electrons. The van der Waals surface area contributed by atoms with E-state index in [9.17, 15) is 4.79 Å². The molecule has 0 atom stereocenters. The molecule has 0 aliphatic heterocycles. The van der Waals surface area contributed by atoms with Crippen molar-refractivity contribution >= 4 is 23.0 Å². The van der Waals surface area contributed by atoms with Crippen molar-refractivity contribution in [2.24, 2.45) is 0 Å². The quantitative estimate of drug-likeness (QED) is 0.687. The summed E-state index contributed by atoms with van der Waals surface area (Å²) >= 11 is 0. The third-order valence-electron chi connectivity index (χ3n) is 3.23. The molecule has 0 heterocycles. The first-order chi connectivity index (χ1) is 9.54. The van der Waals surface area contributed by atoms with Gasteiger partial charge in [-0.25, -0.2) is 4.79 Å². The van der Waals surface area contributed by atoms with E-state index in [1.807, 2.05) is 43.1 Å². The molecule has 2 N–H and O–H groups in total. The monoisotopic (exact) mass is 270 g/mol. The molecule has 0 saturated heterocycles. The van der Waals surface area contributed by atoms with Gasteiger partial charge >= 0.3 is 5.97 Å². The van der Waals surface area contributed by atoms with Crippen LogP contribution in [-0.2, 0) is 4.74 Å². The zero-order valence-electron chi connectivity index (χ0n) is 11.9. The second-order valence-corrected chi connectivity index (χ2v) is 4.63. The van der Waals surface area contributed by atoms with Gasteiger partial charge in [0, 0.05) is 12.7 Å². The minimum Gasteiger partial charge on any atom is -0.465 e. The molecule has 0 aliphatic carbocycles. The smallest absolute Gasteiger partial charge is 0.340 e. The number of esters is 1. The summed E-state index contributed by atoms with van der Waals surface area (Å²) in [5.41, 5.74) is 9.81. The van der Waals surface area contributed by atoms with Crippen molar-refractivity contribution in [1.29, 1.82) is 0 Å². The summed E-state index contributed by atoms with van der Waals surface area (Å²) in [6.45, 7) is 2.03. The fourth-order valence-electron chi connectivity index (χ4n) is 2.11. The lowest BCUT2D eigenvalue weighted by molar-refractivity contribution is 0.0601. The van der Waals surface area contributed by atoms with Gasteiger partial charge in [-0.1, -0.05) is 23.8 Å². The van der Waals surface area contributed by atoms with Gasteiger partial charge in [0.25, 0.3) is 0 Å². The van der Waals surface area contributed by atoms with Gasteiger partial charge in [-0.2, -0.15) is 0 Å². The standard InChI is InChI=1S/C16H18N2O2/c1-11-7-9-12(10-8-11)18(2)15-13(16(19)20-3)5-4-6-14(15)17/h4-10H,17H2,1-3H3. The predicted octanol–water partition coefficient (Wildman–Crippen LogP) is 3.13. The van der Waals surface area contributed by atoms with Gasteiger partial charge in [0.1, 0.15) is 0 Å². The lowest BCUT2D eigenvalue weighted by Crippen LogP contribution is -2.16. The number of para-hydroxylation sites is 1. The number of carbonyl (C=O) groups is 1. The number of hydrogen-bond acceptors (Lipinski definition) is 4. The average Bonchev–Trinajstić information content (AvgIpc) is 2.46. The molecule has 2 aromatic rings. The van der Waals surface area contributed by atoms with Crippen LogP contribution in [0.2, 0.25) is 0 Å². The summed E-state index contributed by atoms with van der Waals surface area (Å²) in [6.07, 6.45) is 0. The van der Waals surface area contributed by atoms with Crippen LogP contribution in [0.4, 0.5) is 17.1 Å². The SMILES string of the molecule is COC(=O)c1cccc(N)c1N(C)c1ccc(C)cc1. The zero-order valence-corrected chi connectivity index (χ0v) is 11.9. The summed E-state index contributed by atoms with van der Waals surface area (Å²) in [4.78, 5) is 13.8. The topological polar surface area (TPSA) is 55.6 Å². The molecule has 0 unspecified atom stereocenters. The van der Waals surface area contributed by atoms with E-state index in [0.29, 0.717) is 16.9 Å². The normalized spacial score (nSPS) is 10.2. The van der Waals surface area contributed by atoms with Crippen molar-refractivity contribution in [2.45, 2.75) is 6.92 Å². The molecule has 0 spiro atoms. The highest BCUT2D eigenvalue weighted by Gasteiger charge is 2.18. The maximum absolute atomic E-state index is 11.9. The summed E-state index contributed by atoms with van der Waals surface area (Å²) in [5, 5.41) is 0. The van der Waals surface area contributed by atoms with Gasteiger partial charge < -0.3 is 15.4 Å². The minimum absolute atomic E-state index is 0.397. The van der Waals surface area contributed by atoms with Gasteiger partial charge in [0.2, 0.25) is 0 Å².